The number of thiophene rings is 1. The number of nitrogens with one attached hydrogen (secondary N) is 1. The lowest BCUT2D eigenvalue weighted by Gasteiger charge is -2.09. The number of anilines is 1. The Morgan fingerprint density at radius 2 is 2.08 bits per heavy atom. The van der Waals surface area contributed by atoms with Gasteiger partial charge in [0.2, 0.25) is 0 Å². The van der Waals surface area contributed by atoms with Gasteiger partial charge in [-0.25, -0.2) is 4.79 Å². The molecule has 1 aromatic carbocycles. The number of esters is 1. The van der Waals surface area contributed by atoms with Crippen LogP contribution in [0.5, 0.6) is 0 Å². The summed E-state index contributed by atoms with van der Waals surface area (Å²) in [4.78, 5) is 27.1. The number of ether oxygens (including phenoxy) is 1. The summed E-state index contributed by atoms with van der Waals surface area (Å²) in [6, 6.07) is 7.56. The Morgan fingerprint density at radius 1 is 1.28 bits per heavy atom. The average molecular weight is 376 g/mol. The second-order valence-electron chi connectivity index (χ2n) is 6.20. The largest absolute Gasteiger partial charge is 0.465 e. The van der Waals surface area contributed by atoms with Gasteiger partial charge in [0.05, 0.1) is 12.7 Å². The maximum absolute atomic E-state index is 12.7. The van der Waals surface area contributed by atoms with Crippen LogP contribution in [0.4, 0.5) is 5.00 Å². The third-order valence-electron chi connectivity index (χ3n) is 4.01. The van der Waals surface area contributed by atoms with Gasteiger partial charge in [-0.2, -0.15) is 0 Å². The molecule has 0 radical (unpaired) electrons. The fourth-order valence-electron chi connectivity index (χ4n) is 2.97. The van der Waals surface area contributed by atoms with Gasteiger partial charge in [-0.1, -0.05) is 19.9 Å². The molecule has 0 unspecified atom stereocenters. The van der Waals surface area contributed by atoms with Crippen LogP contribution in [-0.4, -0.2) is 24.2 Å². The molecule has 1 aliphatic carbocycles. The van der Waals surface area contributed by atoms with E-state index in [9.17, 15) is 9.59 Å². The van der Waals surface area contributed by atoms with Crippen molar-refractivity contribution in [2.75, 3.05) is 12.4 Å². The molecule has 4 nitrogen and oxygen atoms in total. The summed E-state index contributed by atoms with van der Waals surface area (Å²) in [5.74, 6) is -0.574. The van der Waals surface area contributed by atoms with Crippen LogP contribution in [0, 0.1) is 0 Å². The highest BCUT2D eigenvalue weighted by atomic mass is 32.2. The van der Waals surface area contributed by atoms with Crippen LogP contribution in [0.1, 0.15) is 51.4 Å². The highest BCUT2D eigenvalue weighted by Crippen LogP contribution is 2.39. The Balaban J connectivity index is 1.85. The molecule has 2 aromatic rings. The summed E-state index contributed by atoms with van der Waals surface area (Å²) in [5, 5.41) is 3.97. The van der Waals surface area contributed by atoms with E-state index in [4.69, 9.17) is 4.74 Å². The molecule has 1 amide bonds. The predicted octanol–water partition coefficient (Wildman–Crippen LogP) is 4.78. The Kier molecular flexibility index (Phi) is 5.49. The molecule has 0 aliphatic heterocycles. The third-order valence-corrected chi connectivity index (χ3v) is 6.21. The van der Waals surface area contributed by atoms with Gasteiger partial charge >= 0.3 is 5.97 Å². The van der Waals surface area contributed by atoms with Gasteiger partial charge in [-0.3, -0.25) is 4.79 Å². The number of hydrogen-bond acceptors (Lipinski definition) is 5. The molecule has 0 saturated heterocycles. The molecule has 25 heavy (non-hydrogen) atoms. The van der Waals surface area contributed by atoms with Crippen LogP contribution in [0.15, 0.2) is 29.2 Å². The number of aryl methyl sites for hydroxylation is 1. The van der Waals surface area contributed by atoms with Crippen molar-refractivity contribution in [3.63, 3.8) is 0 Å². The minimum atomic E-state index is -0.376. The second-order valence-corrected chi connectivity index (χ2v) is 8.96. The number of rotatable bonds is 5. The van der Waals surface area contributed by atoms with E-state index < -0.39 is 0 Å². The van der Waals surface area contributed by atoms with Gasteiger partial charge in [-0.15, -0.1) is 23.1 Å². The normalized spacial score (nSPS) is 13.0. The number of carbonyl (C=O) groups is 2. The van der Waals surface area contributed by atoms with Crippen LogP contribution in [0.25, 0.3) is 0 Å². The zero-order chi connectivity index (χ0) is 18.0. The molecular formula is C19H21NO3S2. The van der Waals surface area contributed by atoms with Gasteiger partial charge in [-0.05, 0) is 43.0 Å². The number of amides is 1. The molecule has 0 atom stereocenters. The first-order valence-electron chi connectivity index (χ1n) is 8.30. The molecule has 0 saturated carbocycles. The summed E-state index contributed by atoms with van der Waals surface area (Å²) in [6.45, 7) is 4.24. The minimum Gasteiger partial charge on any atom is -0.465 e. The number of hydrogen-bond donors (Lipinski definition) is 1. The lowest BCUT2D eigenvalue weighted by Crippen LogP contribution is -2.14. The Bertz CT molecular complexity index is 811. The van der Waals surface area contributed by atoms with Crippen molar-refractivity contribution in [1.29, 1.82) is 0 Å². The van der Waals surface area contributed by atoms with E-state index >= 15 is 0 Å². The topological polar surface area (TPSA) is 55.4 Å². The van der Waals surface area contributed by atoms with Gasteiger partial charge in [0.1, 0.15) is 5.00 Å². The SMILES string of the molecule is COC(=O)c1c(NC(=O)c2cccc(SC(C)C)c2)sc2c1CCC2. The molecule has 0 spiro atoms. The van der Waals surface area contributed by atoms with Gasteiger partial charge < -0.3 is 10.1 Å². The molecule has 132 valence electrons. The zero-order valence-corrected chi connectivity index (χ0v) is 16.2. The van der Waals surface area contributed by atoms with E-state index in [2.05, 4.69) is 19.2 Å². The number of methoxy groups -OCH3 is 1. The van der Waals surface area contributed by atoms with Crippen LogP contribution in [0.3, 0.4) is 0 Å². The van der Waals surface area contributed by atoms with Gasteiger partial charge in [0.25, 0.3) is 5.91 Å². The van der Waals surface area contributed by atoms with Crippen molar-refractivity contribution in [2.24, 2.45) is 0 Å². The first kappa shape index (κ1) is 18.0. The Labute approximate surface area is 156 Å². The quantitative estimate of drug-likeness (QED) is 0.604. The first-order chi connectivity index (χ1) is 12.0. The summed E-state index contributed by atoms with van der Waals surface area (Å²) in [6.07, 6.45) is 2.88. The maximum Gasteiger partial charge on any atom is 0.341 e. The van der Waals surface area contributed by atoms with Crippen LogP contribution < -0.4 is 5.32 Å². The highest BCUT2D eigenvalue weighted by molar-refractivity contribution is 7.99. The van der Waals surface area contributed by atoms with Crippen molar-refractivity contribution in [3.05, 3.63) is 45.8 Å². The van der Waals surface area contributed by atoms with Crippen LogP contribution >= 0.6 is 23.1 Å². The van der Waals surface area contributed by atoms with Crippen molar-refractivity contribution < 1.29 is 14.3 Å². The molecule has 0 bridgehead atoms. The molecule has 1 aromatic heterocycles. The van der Waals surface area contributed by atoms with E-state index in [-0.39, 0.29) is 11.9 Å². The van der Waals surface area contributed by atoms with E-state index in [1.807, 2.05) is 18.2 Å². The van der Waals surface area contributed by atoms with Crippen molar-refractivity contribution in [2.45, 2.75) is 43.3 Å². The number of thioether (sulfide) groups is 1. The lowest BCUT2D eigenvalue weighted by molar-refractivity contribution is 0.0601. The summed E-state index contributed by atoms with van der Waals surface area (Å²) >= 11 is 3.21. The fraction of sp³-hybridized carbons (Fsp3) is 0.368. The smallest absolute Gasteiger partial charge is 0.341 e. The van der Waals surface area contributed by atoms with Crippen molar-refractivity contribution >= 4 is 40.0 Å². The number of benzene rings is 1. The maximum atomic E-state index is 12.7. The fourth-order valence-corrected chi connectivity index (χ4v) is 5.14. The summed E-state index contributed by atoms with van der Waals surface area (Å²) in [5.41, 5.74) is 2.16. The monoisotopic (exact) mass is 375 g/mol. The Hall–Kier alpha value is -1.79. The Morgan fingerprint density at radius 3 is 2.80 bits per heavy atom. The molecule has 3 rings (SSSR count). The van der Waals surface area contributed by atoms with Gasteiger partial charge in [0, 0.05) is 20.6 Å². The average Bonchev–Trinajstić information content (AvgIpc) is 3.14. The summed E-state index contributed by atoms with van der Waals surface area (Å²) < 4.78 is 4.92. The van der Waals surface area contributed by atoms with E-state index in [0.29, 0.717) is 21.4 Å². The molecule has 1 N–H and O–H groups in total. The minimum absolute atomic E-state index is 0.198. The lowest BCUT2D eigenvalue weighted by atomic mass is 10.1. The van der Waals surface area contributed by atoms with Gasteiger partial charge in [0.15, 0.2) is 0 Å². The number of fused-ring (bicyclic) bond motifs is 1. The molecule has 0 fully saturated rings. The summed E-state index contributed by atoms with van der Waals surface area (Å²) in [7, 11) is 1.37. The molecule has 1 aliphatic rings. The first-order valence-corrected chi connectivity index (χ1v) is 10.00. The van der Waals surface area contributed by atoms with Crippen LogP contribution in [-0.2, 0) is 17.6 Å². The molecule has 6 heteroatoms. The zero-order valence-electron chi connectivity index (χ0n) is 14.5. The standard InChI is InChI=1S/C19H21NO3S2/c1-11(2)24-13-7-4-6-12(10-13)17(21)20-18-16(19(22)23-3)14-8-5-9-15(14)25-18/h4,6-7,10-11H,5,8-9H2,1-3H3,(H,20,21). The molecular weight excluding hydrogens is 354 g/mol. The van der Waals surface area contributed by atoms with Crippen molar-refractivity contribution in [1.82, 2.24) is 0 Å². The van der Waals surface area contributed by atoms with E-state index in [1.54, 1.807) is 17.8 Å². The second kappa shape index (κ2) is 7.62. The highest BCUT2D eigenvalue weighted by Gasteiger charge is 2.28. The van der Waals surface area contributed by atoms with Crippen LogP contribution in [0.2, 0.25) is 0 Å². The predicted molar refractivity (Wildman–Crippen MR) is 103 cm³/mol. The van der Waals surface area contributed by atoms with Crippen molar-refractivity contribution in [3.8, 4) is 0 Å². The van der Waals surface area contributed by atoms with E-state index in [1.165, 1.54) is 23.3 Å². The molecule has 1 heterocycles. The number of carbonyl (C=O) groups excluding carboxylic acids is 2. The third kappa shape index (κ3) is 3.90. The van der Waals surface area contributed by atoms with E-state index in [0.717, 1.165) is 29.7 Å².